The third-order valence-corrected chi connectivity index (χ3v) is 7.63. The van der Waals surface area contributed by atoms with Crippen molar-refractivity contribution in [3.8, 4) is 0 Å². The lowest BCUT2D eigenvalue weighted by Gasteiger charge is -2.13. The van der Waals surface area contributed by atoms with Gasteiger partial charge in [-0.1, -0.05) is 0 Å². The molecule has 0 saturated heterocycles. The predicted octanol–water partition coefficient (Wildman–Crippen LogP) is -1.22. The molecule has 0 aromatic carbocycles. The number of rotatable bonds is 16. The van der Waals surface area contributed by atoms with Gasteiger partial charge in [-0.25, -0.2) is 29.7 Å². The van der Waals surface area contributed by atoms with Gasteiger partial charge in [0.05, 0.1) is 37.1 Å². The first-order valence-corrected chi connectivity index (χ1v) is 17.1. The molecule has 0 spiro atoms. The van der Waals surface area contributed by atoms with Gasteiger partial charge >= 0.3 is 0 Å². The van der Waals surface area contributed by atoms with E-state index in [9.17, 15) is 16.8 Å². The summed E-state index contributed by atoms with van der Waals surface area (Å²) in [6.45, 7) is 5.22. The number of hydrogen-bond acceptors (Lipinski definition) is 10. The lowest BCUT2D eigenvalue weighted by Crippen LogP contribution is -2.46. The second kappa shape index (κ2) is 16.6. The van der Waals surface area contributed by atoms with Crippen LogP contribution in [0.5, 0.6) is 0 Å². The van der Waals surface area contributed by atoms with Crippen LogP contribution in [0.25, 0.3) is 0 Å². The van der Waals surface area contributed by atoms with Crippen LogP contribution in [0, 0.1) is 13.8 Å². The van der Waals surface area contributed by atoms with Crippen molar-refractivity contribution < 1.29 is 16.8 Å². The summed E-state index contributed by atoms with van der Waals surface area (Å²) in [5.74, 6) is 2.75. The van der Waals surface area contributed by atoms with Crippen LogP contribution in [-0.4, -0.2) is 86.4 Å². The fourth-order valence-corrected chi connectivity index (χ4v) is 5.38. The molecule has 0 fully saturated rings. The molecule has 20 heteroatoms. The van der Waals surface area contributed by atoms with Crippen molar-refractivity contribution in [1.82, 2.24) is 40.0 Å². The Bertz CT molecular complexity index is 1190. The number of aromatic nitrogens is 4. The molecule has 0 unspecified atom stereocenters. The number of aromatic amines is 2. The second-order valence-electron chi connectivity index (χ2n) is 8.02. The Kier molecular flexibility index (Phi) is 13.9. The molecule has 0 aliphatic carbocycles. The fraction of sp³-hybridized carbons (Fsp3) is 0.579. The van der Waals surface area contributed by atoms with Crippen LogP contribution in [0.2, 0.25) is 0 Å². The zero-order valence-electron chi connectivity index (χ0n) is 21.7. The van der Waals surface area contributed by atoms with E-state index in [0.717, 1.165) is 22.8 Å². The monoisotopic (exact) mass is 624 g/mol. The maximum Gasteiger partial charge on any atom is 0.298 e. The van der Waals surface area contributed by atoms with Gasteiger partial charge in [0, 0.05) is 47.5 Å². The molecule has 0 atom stereocenters. The number of aliphatic imine (C=N–C) groups is 2. The van der Waals surface area contributed by atoms with E-state index in [0.29, 0.717) is 55.6 Å². The third-order valence-electron chi connectivity index (χ3n) is 4.77. The van der Waals surface area contributed by atoms with Crippen molar-refractivity contribution in [3.05, 3.63) is 35.4 Å². The molecule has 0 saturated carbocycles. The number of aryl methyl sites for hydroxylation is 2. The Morgan fingerprint density at radius 1 is 0.821 bits per heavy atom. The maximum absolute atomic E-state index is 11.5. The molecular weight excluding hydrogens is 589 g/mol. The number of guanidine groups is 2. The zero-order chi connectivity index (χ0) is 28.7. The number of thioether (sulfide) groups is 2. The highest BCUT2D eigenvalue weighted by atomic mass is 32.2. The van der Waals surface area contributed by atoms with Crippen LogP contribution >= 0.6 is 23.5 Å². The SMILES string of the molecule is Cc1[nH]cnc1CSCC/N=C(\NCCCN/C(=N\CCSCc1nc[nH]c1C)NS(N)(=O)=O)NS(N)(=O)=O. The number of nitrogens with zero attached hydrogens (tertiary/aromatic N) is 4. The highest BCUT2D eigenvalue weighted by molar-refractivity contribution is 7.98. The number of hydrogen-bond donors (Lipinski definition) is 8. The van der Waals surface area contributed by atoms with Gasteiger partial charge in [-0.15, -0.1) is 0 Å². The summed E-state index contributed by atoms with van der Waals surface area (Å²) < 4.78 is 50.2. The van der Waals surface area contributed by atoms with E-state index in [1.54, 1.807) is 36.2 Å². The highest BCUT2D eigenvalue weighted by Crippen LogP contribution is 2.12. The van der Waals surface area contributed by atoms with E-state index in [1.807, 2.05) is 13.8 Å². The molecule has 16 nitrogen and oxygen atoms in total. The number of H-pyrrole nitrogens is 2. The standard InChI is InChI=1S/C19H36N12O4S4/c1-14-16(28-12-26-14)10-36-8-6-24-18(30-38(20,32)33)22-4-3-5-23-19(31-39(21,34)35)25-7-9-37-11-17-15(2)27-13-29-17/h12-13H,3-11H2,1-2H3,(H,26,28)(H,27,29)(H2,20,32,33)(H2,21,34,35)(H2,22,24,30)(H2,23,25,31). The molecular formula is C19H36N12O4S4. The lowest BCUT2D eigenvalue weighted by molar-refractivity contribution is 0.591. The predicted molar refractivity (Wildman–Crippen MR) is 157 cm³/mol. The van der Waals surface area contributed by atoms with E-state index in [2.05, 4.69) is 50.0 Å². The van der Waals surface area contributed by atoms with Crippen LogP contribution < -0.4 is 30.4 Å². The summed E-state index contributed by atoms with van der Waals surface area (Å²) >= 11 is 3.23. The smallest absolute Gasteiger partial charge is 0.298 e. The highest BCUT2D eigenvalue weighted by Gasteiger charge is 2.09. The minimum Gasteiger partial charge on any atom is -0.355 e. The molecule has 39 heavy (non-hydrogen) atoms. The van der Waals surface area contributed by atoms with Crippen LogP contribution in [-0.2, 0) is 31.9 Å². The molecule has 0 bridgehead atoms. The summed E-state index contributed by atoms with van der Waals surface area (Å²) in [4.78, 5) is 23.0. The first-order valence-electron chi connectivity index (χ1n) is 11.7. The molecule has 0 amide bonds. The Hall–Kier alpha value is -2.52. The van der Waals surface area contributed by atoms with Crippen molar-refractivity contribution in [2.45, 2.75) is 31.8 Å². The maximum atomic E-state index is 11.5. The van der Waals surface area contributed by atoms with Crippen molar-refractivity contribution in [3.63, 3.8) is 0 Å². The Balaban J connectivity index is 1.75. The lowest BCUT2D eigenvalue weighted by atomic mass is 10.4. The number of imidazole rings is 2. The van der Waals surface area contributed by atoms with Gasteiger partial charge in [0.25, 0.3) is 20.4 Å². The van der Waals surface area contributed by atoms with Crippen molar-refractivity contribution in [2.24, 2.45) is 20.3 Å². The van der Waals surface area contributed by atoms with Crippen LogP contribution in [0.15, 0.2) is 22.6 Å². The van der Waals surface area contributed by atoms with Gasteiger partial charge < -0.3 is 20.6 Å². The first-order chi connectivity index (χ1) is 18.4. The van der Waals surface area contributed by atoms with Crippen molar-refractivity contribution in [1.29, 1.82) is 0 Å². The van der Waals surface area contributed by atoms with Gasteiger partial charge in [0.15, 0.2) is 0 Å². The van der Waals surface area contributed by atoms with Crippen molar-refractivity contribution >= 4 is 55.9 Å². The first kappa shape index (κ1) is 32.7. The molecule has 2 aromatic rings. The summed E-state index contributed by atoms with van der Waals surface area (Å²) in [6, 6.07) is 0. The number of nitrogens with two attached hydrogens (primary N) is 2. The van der Waals surface area contributed by atoms with Gasteiger partial charge in [0.1, 0.15) is 0 Å². The molecule has 0 radical (unpaired) electrons. The van der Waals surface area contributed by atoms with Gasteiger partial charge in [-0.3, -0.25) is 9.98 Å². The second-order valence-corrected chi connectivity index (χ2v) is 12.8. The minimum atomic E-state index is -4.01. The Morgan fingerprint density at radius 2 is 1.23 bits per heavy atom. The summed E-state index contributed by atoms with van der Waals surface area (Å²) in [7, 11) is -8.03. The van der Waals surface area contributed by atoms with Crippen LogP contribution in [0.4, 0.5) is 0 Å². The van der Waals surface area contributed by atoms with E-state index < -0.39 is 20.4 Å². The van der Waals surface area contributed by atoms with Gasteiger partial charge in [-0.05, 0) is 20.3 Å². The molecule has 2 rings (SSSR count). The molecule has 220 valence electrons. The molecule has 0 aliphatic heterocycles. The average Bonchev–Trinajstić information content (AvgIpc) is 3.43. The Labute approximate surface area is 237 Å². The zero-order valence-corrected chi connectivity index (χ0v) is 25.0. The average molecular weight is 625 g/mol. The van der Waals surface area contributed by atoms with Crippen LogP contribution in [0.3, 0.4) is 0 Å². The quantitative estimate of drug-likeness (QED) is 0.0628. The van der Waals surface area contributed by atoms with Crippen LogP contribution in [0.1, 0.15) is 29.2 Å². The normalized spacial score (nSPS) is 12.9. The largest absolute Gasteiger partial charge is 0.355 e. The molecule has 10 N–H and O–H groups in total. The van der Waals surface area contributed by atoms with Crippen molar-refractivity contribution in [2.75, 3.05) is 37.7 Å². The summed E-state index contributed by atoms with van der Waals surface area (Å²) in [5, 5.41) is 16.0. The number of nitrogens with one attached hydrogen (secondary N) is 6. The van der Waals surface area contributed by atoms with E-state index >= 15 is 0 Å². The van der Waals surface area contributed by atoms with Gasteiger partial charge in [-0.2, -0.15) is 40.4 Å². The summed E-state index contributed by atoms with van der Waals surface area (Å²) in [5.41, 5.74) is 3.93. The summed E-state index contributed by atoms with van der Waals surface area (Å²) in [6.07, 6.45) is 3.75. The Morgan fingerprint density at radius 3 is 1.56 bits per heavy atom. The topological polar surface area (TPSA) is 251 Å². The molecule has 2 aromatic heterocycles. The van der Waals surface area contributed by atoms with Gasteiger partial charge in [0.2, 0.25) is 11.9 Å². The van der Waals surface area contributed by atoms with E-state index in [-0.39, 0.29) is 11.9 Å². The van der Waals surface area contributed by atoms with E-state index in [4.69, 9.17) is 10.3 Å². The third kappa shape index (κ3) is 15.0. The van der Waals surface area contributed by atoms with E-state index in [1.165, 1.54) is 0 Å². The fourth-order valence-electron chi connectivity index (χ4n) is 2.87. The molecule has 0 aliphatic rings. The minimum absolute atomic E-state index is 0.0229. The molecule has 2 heterocycles.